The first-order valence-electron chi connectivity index (χ1n) is 6.51. The zero-order chi connectivity index (χ0) is 14.9. The van der Waals surface area contributed by atoms with E-state index in [-0.39, 0.29) is 5.91 Å². The van der Waals surface area contributed by atoms with Crippen LogP contribution in [0.3, 0.4) is 0 Å². The van der Waals surface area contributed by atoms with E-state index in [0.717, 1.165) is 10.6 Å². The van der Waals surface area contributed by atoms with E-state index in [1.54, 1.807) is 46.4 Å². The number of carbonyl (C=O) groups is 1. The average Bonchev–Trinajstić information content (AvgIpc) is 3.27. The number of carbonyl (C=O) groups excluding carboxylic acids is 1. The van der Waals surface area contributed by atoms with Crippen LogP contribution < -0.4 is 5.32 Å². The molecular weight excluding hydrogens is 300 g/mol. The van der Waals surface area contributed by atoms with Crippen LogP contribution in [0.25, 0.3) is 16.2 Å². The summed E-state index contributed by atoms with van der Waals surface area (Å²) < 4.78 is 1.56. The lowest BCUT2D eigenvalue weighted by molar-refractivity contribution is 0.102. The normalized spacial score (nSPS) is 10.9. The Morgan fingerprint density at radius 2 is 2.23 bits per heavy atom. The van der Waals surface area contributed by atoms with Gasteiger partial charge in [0.05, 0.1) is 16.8 Å². The van der Waals surface area contributed by atoms with Crippen LogP contribution in [-0.4, -0.2) is 30.7 Å². The molecule has 0 fully saturated rings. The van der Waals surface area contributed by atoms with Crippen LogP contribution in [0.2, 0.25) is 0 Å². The summed E-state index contributed by atoms with van der Waals surface area (Å²) in [6.45, 7) is 0. The quantitative estimate of drug-likeness (QED) is 0.608. The number of amides is 1. The predicted molar refractivity (Wildman–Crippen MR) is 82.8 cm³/mol. The highest BCUT2D eigenvalue weighted by atomic mass is 32.1. The van der Waals surface area contributed by atoms with Crippen LogP contribution in [0.15, 0.2) is 48.1 Å². The highest BCUT2D eigenvalue weighted by molar-refractivity contribution is 7.13. The second-order valence-electron chi connectivity index (χ2n) is 4.53. The van der Waals surface area contributed by atoms with Crippen molar-refractivity contribution in [1.82, 2.24) is 24.8 Å². The number of hydrogen-bond acceptors (Lipinski definition) is 5. The van der Waals surface area contributed by atoms with Crippen molar-refractivity contribution in [2.24, 2.45) is 0 Å². The van der Waals surface area contributed by atoms with Gasteiger partial charge in [0, 0.05) is 12.3 Å². The summed E-state index contributed by atoms with van der Waals surface area (Å²) in [5.74, 6) is 0.239. The van der Waals surface area contributed by atoms with E-state index in [4.69, 9.17) is 0 Å². The summed E-state index contributed by atoms with van der Waals surface area (Å²) in [6, 6.07) is 9.09. The number of hydrogen-bond donors (Lipinski definition) is 2. The first-order valence-corrected chi connectivity index (χ1v) is 7.38. The van der Waals surface area contributed by atoms with Gasteiger partial charge >= 0.3 is 0 Å². The van der Waals surface area contributed by atoms with Crippen molar-refractivity contribution in [3.8, 4) is 10.6 Å². The molecule has 0 aliphatic heterocycles. The van der Waals surface area contributed by atoms with E-state index in [1.807, 2.05) is 17.5 Å². The largest absolute Gasteiger partial charge is 0.305 e. The molecule has 7 nitrogen and oxygen atoms in total. The Morgan fingerprint density at radius 1 is 1.27 bits per heavy atom. The van der Waals surface area contributed by atoms with Crippen LogP contribution in [0.5, 0.6) is 0 Å². The van der Waals surface area contributed by atoms with E-state index in [0.29, 0.717) is 17.2 Å². The van der Waals surface area contributed by atoms with E-state index in [9.17, 15) is 4.79 Å². The van der Waals surface area contributed by atoms with Crippen molar-refractivity contribution in [2.45, 2.75) is 0 Å². The molecule has 4 heterocycles. The van der Waals surface area contributed by atoms with Gasteiger partial charge in [0.1, 0.15) is 5.82 Å². The van der Waals surface area contributed by atoms with Crippen molar-refractivity contribution in [3.05, 3.63) is 53.8 Å². The Labute approximate surface area is 128 Å². The summed E-state index contributed by atoms with van der Waals surface area (Å²) in [5.41, 5.74) is 1.80. The molecule has 0 atom stereocenters. The average molecular weight is 310 g/mol. The number of nitrogens with one attached hydrogen (secondary N) is 2. The van der Waals surface area contributed by atoms with Gasteiger partial charge in [0.2, 0.25) is 0 Å². The fraction of sp³-hybridized carbons (Fsp3) is 0. The minimum absolute atomic E-state index is 0.304. The third-order valence-electron chi connectivity index (χ3n) is 3.13. The molecular formula is C14H10N6OS. The number of thiophene rings is 1. The van der Waals surface area contributed by atoms with Gasteiger partial charge in [-0.1, -0.05) is 6.07 Å². The van der Waals surface area contributed by atoms with Gasteiger partial charge in [-0.15, -0.1) is 11.3 Å². The van der Waals surface area contributed by atoms with Crippen LogP contribution in [0, 0.1) is 0 Å². The van der Waals surface area contributed by atoms with Crippen LogP contribution in [0.1, 0.15) is 10.5 Å². The van der Waals surface area contributed by atoms with E-state index < -0.39 is 0 Å². The zero-order valence-electron chi connectivity index (χ0n) is 11.2. The molecule has 0 aliphatic carbocycles. The van der Waals surface area contributed by atoms with Gasteiger partial charge < -0.3 is 5.32 Å². The molecule has 2 N–H and O–H groups in total. The molecule has 8 heteroatoms. The lowest BCUT2D eigenvalue weighted by atomic mass is 10.3. The molecule has 0 radical (unpaired) electrons. The number of aromatic amines is 1. The Kier molecular flexibility index (Phi) is 2.94. The van der Waals surface area contributed by atoms with Gasteiger partial charge in [0.25, 0.3) is 5.91 Å². The van der Waals surface area contributed by atoms with Gasteiger partial charge in [-0.3, -0.25) is 9.89 Å². The van der Waals surface area contributed by atoms with Gasteiger partial charge in [0.15, 0.2) is 11.3 Å². The first-order chi connectivity index (χ1) is 10.8. The van der Waals surface area contributed by atoms with Crippen molar-refractivity contribution < 1.29 is 4.79 Å². The summed E-state index contributed by atoms with van der Waals surface area (Å²) in [7, 11) is 0. The smallest absolute Gasteiger partial charge is 0.277 e. The summed E-state index contributed by atoms with van der Waals surface area (Å²) in [6.07, 6.45) is 3.25. The third-order valence-corrected chi connectivity index (χ3v) is 4.03. The zero-order valence-corrected chi connectivity index (χ0v) is 12.0. The van der Waals surface area contributed by atoms with E-state index in [1.165, 1.54) is 0 Å². The maximum absolute atomic E-state index is 12.3. The summed E-state index contributed by atoms with van der Waals surface area (Å²) >= 11 is 1.58. The van der Waals surface area contributed by atoms with Crippen molar-refractivity contribution in [3.63, 3.8) is 0 Å². The van der Waals surface area contributed by atoms with Gasteiger partial charge in [-0.05, 0) is 23.6 Å². The fourth-order valence-electron chi connectivity index (χ4n) is 2.11. The topological polar surface area (TPSA) is 88.0 Å². The second-order valence-corrected chi connectivity index (χ2v) is 5.48. The van der Waals surface area contributed by atoms with E-state index >= 15 is 0 Å². The molecule has 0 aliphatic rings. The standard InChI is InChI=1S/C14H10N6OS/c21-14(10-8-9(18-19-10)11-2-1-7-22-11)17-13-3-5-15-12-4-6-16-20(12)13/h1-8H,(H,17,21)(H,18,19). The molecule has 0 bridgehead atoms. The molecule has 0 aromatic carbocycles. The van der Waals surface area contributed by atoms with Gasteiger partial charge in [-0.25, -0.2) is 4.98 Å². The number of rotatable bonds is 3. The number of fused-ring (bicyclic) bond motifs is 1. The summed E-state index contributed by atoms with van der Waals surface area (Å²) in [4.78, 5) is 17.5. The lowest BCUT2D eigenvalue weighted by Gasteiger charge is -2.04. The van der Waals surface area contributed by atoms with Crippen molar-refractivity contribution >= 4 is 28.7 Å². The van der Waals surface area contributed by atoms with Crippen LogP contribution >= 0.6 is 11.3 Å². The van der Waals surface area contributed by atoms with Crippen molar-refractivity contribution in [1.29, 1.82) is 0 Å². The molecule has 108 valence electrons. The maximum Gasteiger partial charge on any atom is 0.277 e. The number of anilines is 1. The van der Waals surface area contributed by atoms with Crippen LogP contribution in [0.4, 0.5) is 5.82 Å². The Hall–Kier alpha value is -3.00. The Balaban J connectivity index is 1.61. The third kappa shape index (κ3) is 2.15. The van der Waals surface area contributed by atoms with Crippen LogP contribution in [-0.2, 0) is 0 Å². The number of H-pyrrole nitrogens is 1. The highest BCUT2D eigenvalue weighted by Gasteiger charge is 2.13. The molecule has 0 saturated heterocycles. The second kappa shape index (κ2) is 5.08. The molecule has 0 spiro atoms. The molecule has 0 unspecified atom stereocenters. The summed E-state index contributed by atoms with van der Waals surface area (Å²) in [5, 5.41) is 15.8. The van der Waals surface area contributed by atoms with Crippen molar-refractivity contribution in [2.75, 3.05) is 5.32 Å². The monoisotopic (exact) mass is 310 g/mol. The lowest BCUT2D eigenvalue weighted by Crippen LogP contribution is -2.15. The molecule has 22 heavy (non-hydrogen) atoms. The Morgan fingerprint density at radius 3 is 3.09 bits per heavy atom. The molecule has 4 rings (SSSR count). The maximum atomic E-state index is 12.3. The van der Waals surface area contributed by atoms with Gasteiger partial charge in [-0.2, -0.15) is 14.7 Å². The molecule has 4 aromatic heterocycles. The minimum atomic E-state index is -0.304. The first kappa shape index (κ1) is 12.7. The molecule has 0 saturated carbocycles. The van der Waals surface area contributed by atoms with E-state index in [2.05, 4.69) is 25.6 Å². The predicted octanol–water partition coefficient (Wildman–Crippen LogP) is 2.43. The fourth-order valence-corrected chi connectivity index (χ4v) is 2.80. The number of nitrogens with zero attached hydrogens (tertiary/aromatic N) is 4. The molecule has 1 amide bonds. The minimum Gasteiger partial charge on any atom is -0.305 e. The number of aromatic nitrogens is 5. The Bertz CT molecular complexity index is 939. The highest BCUT2D eigenvalue weighted by Crippen LogP contribution is 2.23. The molecule has 4 aromatic rings. The SMILES string of the molecule is O=C(Nc1ccnc2ccnn12)c1cc(-c2cccs2)[nH]n1.